The molecule has 1 aromatic heterocycles. The van der Waals surface area contributed by atoms with Crippen LogP contribution in [0.15, 0.2) is 18.3 Å². The van der Waals surface area contributed by atoms with Crippen LogP contribution in [0.4, 0.5) is 0 Å². The minimum absolute atomic E-state index is 0.359. The van der Waals surface area contributed by atoms with Crippen molar-refractivity contribution < 1.29 is 10.0 Å². The predicted octanol–water partition coefficient (Wildman–Crippen LogP) is 0.469. The topological polar surface area (TPSA) is 53.4 Å². The molecule has 0 aliphatic carbocycles. The molecule has 0 fully saturated rings. The maximum Gasteiger partial charge on any atom is 0.296 e. The monoisotopic (exact) mass is 164 g/mol. The lowest BCUT2D eigenvalue weighted by molar-refractivity contribution is -0.0607. The molecule has 2 rings (SSSR count). The van der Waals surface area contributed by atoms with Gasteiger partial charge in [0.1, 0.15) is 5.69 Å². The van der Waals surface area contributed by atoms with E-state index in [1.54, 1.807) is 12.3 Å². The Morgan fingerprint density at radius 2 is 2.42 bits per heavy atom. The van der Waals surface area contributed by atoms with Gasteiger partial charge in [-0.15, -0.1) is 0 Å². The summed E-state index contributed by atoms with van der Waals surface area (Å²) in [5.41, 5.74) is 1.28. The van der Waals surface area contributed by atoms with Gasteiger partial charge in [-0.3, -0.25) is 15.0 Å². The highest BCUT2D eigenvalue weighted by Gasteiger charge is 2.23. The third kappa shape index (κ3) is 0.967. The quantitative estimate of drug-likeness (QED) is 0.567. The number of pyridine rings is 1. The van der Waals surface area contributed by atoms with Crippen molar-refractivity contribution in [1.82, 2.24) is 10.0 Å². The Kier molecular flexibility index (Phi) is 1.55. The molecule has 1 aliphatic heterocycles. The molecule has 0 radical (unpaired) electrons. The van der Waals surface area contributed by atoms with E-state index in [0.29, 0.717) is 23.7 Å². The van der Waals surface area contributed by atoms with E-state index in [4.69, 9.17) is 5.21 Å². The zero-order valence-electron chi connectivity index (χ0n) is 6.40. The number of fused-ring (bicyclic) bond motifs is 1. The summed E-state index contributed by atoms with van der Waals surface area (Å²) in [6, 6.07) is 3.65. The lowest BCUT2D eigenvalue weighted by atomic mass is 10.1. The average molecular weight is 164 g/mol. The molecule has 2 heterocycles. The first-order valence-electron chi connectivity index (χ1n) is 3.73. The molecule has 62 valence electrons. The number of nitrogens with zero attached hydrogens (tertiary/aromatic N) is 2. The summed E-state index contributed by atoms with van der Waals surface area (Å²) in [5, 5.41) is 9.77. The van der Waals surface area contributed by atoms with Crippen LogP contribution in [0.25, 0.3) is 0 Å². The second-order valence-electron chi connectivity index (χ2n) is 2.69. The van der Waals surface area contributed by atoms with E-state index in [1.807, 2.05) is 6.07 Å². The van der Waals surface area contributed by atoms with E-state index >= 15 is 0 Å². The third-order valence-electron chi connectivity index (χ3n) is 1.92. The van der Waals surface area contributed by atoms with Gasteiger partial charge in [0.05, 0.1) is 6.54 Å². The molecule has 0 atom stereocenters. The Morgan fingerprint density at radius 3 is 3.25 bits per heavy atom. The van der Waals surface area contributed by atoms with E-state index < -0.39 is 5.91 Å². The smallest absolute Gasteiger partial charge is 0.286 e. The van der Waals surface area contributed by atoms with E-state index in [2.05, 4.69) is 4.98 Å². The fourth-order valence-corrected chi connectivity index (χ4v) is 1.28. The van der Waals surface area contributed by atoms with Gasteiger partial charge in [-0.25, -0.2) is 5.06 Å². The summed E-state index contributed by atoms with van der Waals surface area (Å²) in [6.07, 6.45) is 2.22. The number of hydroxylamine groups is 2. The second-order valence-corrected chi connectivity index (χ2v) is 2.69. The number of carbonyl (C=O) groups excluding carboxylic acids is 1. The number of aromatic nitrogens is 1. The standard InChI is InChI=1S/C8H8N2O2/c11-8-7-6(2-1-4-9-7)3-5-10(8)12/h1-2,4,12H,3,5H2. The summed E-state index contributed by atoms with van der Waals surface area (Å²) in [5.74, 6) is -0.406. The highest BCUT2D eigenvalue weighted by Crippen LogP contribution is 2.13. The summed E-state index contributed by atoms with van der Waals surface area (Å²) in [6.45, 7) is 0.359. The van der Waals surface area contributed by atoms with Crippen LogP contribution in [-0.4, -0.2) is 27.7 Å². The minimum atomic E-state index is -0.406. The van der Waals surface area contributed by atoms with Gasteiger partial charge in [0.15, 0.2) is 0 Å². The molecule has 4 nitrogen and oxygen atoms in total. The lowest BCUT2D eigenvalue weighted by Gasteiger charge is -2.21. The van der Waals surface area contributed by atoms with Crippen molar-refractivity contribution in [3.63, 3.8) is 0 Å². The summed E-state index contributed by atoms with van der Waals surface area (Å²) in [7, 11) is 0. The van der Waals surface area contributed by atoms with Gasteiger partial charge in [0.2, 0.25) is 0 Å². The molecular weight excluding hydrogens is 156 g/mol. The van der Waals surface area contributed by atoms with Gasteiger partial charge in [0, 0.05) is 6.20 Å². The molecule has 0 spiro atoms. The largest absolute Gasteiger partial charge is 0.296 e. The third-order valence-corrected chi connectivity index (χ3v) is 1.92. The molecule has 1 N–H and O–H groups in total. The zero-order chi connectivity index (χ0) is 8.55. The minimum Gasteiger partial charge on any atom is -0.286 e. The number of hydrogen-bond donors (Lipinski definition) is 1. The first-order chi connectivity index (χ1) is 5.79. The van der Waals surface area contributed by atoms with Crippen molar-refractivity contribution in [3.8, 4) is 0 Å². The first-order valence-corrected chi connectivity index (χ1v) is 3.73. The zero-order valence-corrected chi connectivity index (χ0v) is 6.40. The van der Waals surface area contributed by atoms with Gasteiger partial charge in [0.25, 0.3) is 5.91 Å². The molecule has 1 amide bonds. The van der Waals surface area contributed by atoms with Crippen molar-refractivity contribution in [3.05, 3.63) is 29.6 Å². The molecule has 4 heteroatoms. The van der Waals surface area contributed by atoms with Crippen LogP contribution >= 0.6 is 0 Å². The second kappa shape index (κ2) is 2.57. The van der Waals surface area contributed by atoms with Gasteiger partial charge >= 0.3 is 0 Å². The van der Waals surface area contributed by atoms with Gasteiger partial charge < -0.3 is 0 Å². The Balaban J connectivity index is 2.49. The van der Waals surface area contributed by atoms with E-state index in [0.717, 1.165) is 5.56 Å². The maximum absolute atomic E-state index is 11.2. The molecule has 1 aromatic rings. The van der Waals surface area contributed by atoms with Gasteiger partial charge in [-0.05, 0) is 18.1 Å². The molecule has 0 bridgehead atoms. The molecule has 0 saturated heterocycles. The fraction of sp³-hybridized carbons (Fsp3) is 0.250. The van der Waals surface area contributed by atoms with Crippen LogP contribution in [0.5, 0.6) is 0 Å². The van der Waals surface area contributed by atoms with Crippen LogP contribution < -0.4 is 0 Å². The van der Waals surface area contributed by atoms with E-state index in [9.17, 15) is 4.79 Å². The van der Waals surface area contributed by atoms with Crippen molar-refractivity contribution in [2.75, 3.05) is 6.54 Å². The van der Waals surface area contributed by atoms with Crippen LogP contribution in [0.3, 0.4) is 0 Å². The SMILES string of the molecule is O=C1c2ncccc2CCN1O. The molecule has 12 heavy (non-hydrogen) atoms. The predicted molar refractivity (Wildman–Crippen MR) is 40.8 cm³/mol. The number of rotatable bonds is 0. The molecule has 0 aromatic carbocycles. The van der Waals surface area contributed by atoms with Gasteiger partial charge in [-0.2, -0.15) is 0 Å². The van der Waals surface area contributed by atoms with Crippen molar-refractivity contribution in [1.29, 1.82) is 0 Å². The molecule has 1 aliphatic rings. The normalized spacial score (nSPS) is 16.1. The summed E-state index contributed by atoms with van der Waals surface area (Å²) in [4.78, 5) is 15.1. The van der Waals surface area contributed by atoms with Gasteiger partial charge in [-0.1, -0.05) is 6.07 Å². The van der Waals surface area contributed by atoms with Crippen molar-refractivity contribution >= 4 is 5.91 Å². The van der Waals surface area contributed by atoms with Crippen LogP contribution in [0.1, 0.15) is 16.1 Å². The van der Waals surface area contributed by atoms with Crippen LogP contribution in [0, 0.1) is 0 Å². The first kappa shape index (κ1) is 7.24. The molecule has 0 unspecified atom stereocenters. The molecule has 0 saturated carbocycles. The molecular formula is C8H8N2O2. The van der Waals surface area contributed by atoms with Crippen molar-refractivity contribution in [2.45, 2.75) is 6.42 Å². The lowest BCUT2D eigenvalue weighted by Crippen LogP contribution is -2.35. The summed E-state index contributed by atoms with van der Waals surface area (Å²) >= 11 is 0. The number of hydrogen-bond acceptors (Lipinski definition) is 3. The maximum atomic E-state index is 11.2. The van der Waals surface area contributed by atoms with E-state index in [-0.39, 0.29) is 0 Å². The van der Waals surface area contributed by atoms with Crippen molar-refractivity contribution in [2.24, 2.45) is 0 Å². The number of carbonyl (C=O) groups is 1. The highest BCUT2D eigenvalue weighted by atomic mass is 16.5. The fourth-order valence-electron chi connectivity index (χ4n) is 1.28. The van der Waals surface area contributed by atoms with Crippen LogP contribution in [-0.2, 0) is 6.42 Å². The van der Waals surface area contributed by atoms with E-state index in [1.165, 1.54) is 0 Å². The Hall–Kier alpha value is -1.42. The Bertz CT molecular complexity index is 325. The van der Waals surface area contributed by atoms with Crippen LogP contribution in [0.2, 0.25) is 0 Å². The number of amides is 1. The summed E-state index contributed by atoms with van der Waals surface area (Å²) < 4.78 is 0. The highest BCUT2D eigenvalue weighted by molar-refractivity contribution is 5.93. The Morgan fingerprint density at radius 1 is 1.58 bits per heavy atom. The average Bonchev–Trinajstić information content (AvgIpc) is 2.12. The Labute approximate surface area is 69.4 Å².